The zero-order chi connectivity index (χ0) is 14.3. The summed E-state index contributed by atoms with van der Waals surface area (Å²) in [6.07, 6.45) is -5.60. The summed E-state index contributed by atoms with van der Waals surface area (Å²) >= 11 is 0. The Balaban J connectivity index is 2.53. The Hall–Kier alpha value is -1.68. The van der Waals surface area contributed by atoms with E-state index in [0.717, 1.165) is 0 Å². The molecule has 5 N–H and O–H groups in total. The molecule has 1 aliphatic rings. The summed E-state index contributed by atoms with van der Waals surface area (Å²) in [5.41, 5.74) is -1.95. The number of hydrogen-bond donors (Lipinski definition) is 5. The molecule has 2 rings (SSSR count). The van der Waals surface area contributed by atoms with Crippen molar-refractivity contribution in [3.63, 3.8) is 0 Å². The number of nitrogens with one attached hydrogen (secondary N) is 1. The fourth-order valence-corrected chi connectivity index (χ4v) is 1.97. The average molecular weight is 274 g/mol. The zero-order valence-corrected chi connectivity index (χ0v) is 9.98. The van der Waals surface area contributed by atoms with Gasteiger partial charge in [-0.25, -0.2) is 9.36 Å². The molecule has 19 heavy (non-hydrogen) atoms. The standard InChI is InChI=1S/C10H14N2O7/c1-3-5(14)8(17)12(10(18)11-3)9-7(16)6(15)4(2-13)19-9/h4,6-7,9,13-16H,2H2,1H3,(H,11,18)/t4-,6-,7-,9-/m1/s1. The van der Waals surface area contributed by atoms with Crippen LogP contribution >= 0.6 is 0 Å². The number of aromatic amines is 1. The second-order valence-corrected chi connectivity index (χ2v) is 4.31. The molecule has 0 saturated carbocycles. The normalized spacial score (nSPS) is 30.7. The van der Waals surface area contributed by atoms with Crippen LogP contribution in [0.1, 0.15) is 11.9 Å². The van der Waals surface area contributed by atoms with Crippen molar-refractivity contribution in [2.45, 2.75) is 31.5 Å². The van der Waals surface area contributed by atoms with Crippen LogP contribution in [0, 0.1) is 6.92 Å². The monoisotopic (exact) mass is 274 g/mol. The number of aromatic nitrogens is 2. The smallest absolute Gasteiger partial charge is 0.331 e. The number of aliphatic hydroxyl groups excluding tert-OH is 3. The molecule has 0 spiro atoms. The molecule has 0 aromatic carbocycles. The fraction of sp³-hybridized carbons (Fsp3) is 0.600. The van der Waals surface area contributed by atoms with Gasteiger partial charge in [0.05, 0.1) is 12.3 Å². The summed E-state index contributed by atoms with van der Waals surface area (Å²) in [6, 6.07) is 0. The lowest BCUT2D eigenvalue weighted by atomic mass is 10.1. The van der Waals surface area contributed by atoms with Crippen molar-refractivity contribution in [3.8, 4) is 5.75 Å². The first-order valence-electron chi connectivity index (χ1n) is 5.55. The van der Waals surface area contributed by atoms with Gasteiger partial charge in [-0.05, 0) is 6.92 Å². The highest BCUT2D eigenvalue weighted by Gasteiger charge is 2.44. The lowest BCUT2D eigenvalue weighted by Crippen LogP contribution is -2.42. The molecule has 0 unspecified atom stereocenters. The van der Waals surface area contributed by atoms with Crippen molar-refractivity contribution in [3.05, 3.63) is 26.5 Å². The predicted molar refractivity (Wildman–Crippen MR) is 60.7 cm³/mol. The van der Waals surface area contributed by atoms with Crippen LogP contribution in [0.5, 0.6) is 5.75 Å². The maximum absolute atomic E-state index is 11.8. The van der Waals surface area contributed by atoms with Crippen molar-refractivity contribution >= 4 is 0 Å². The first-order valence-corrected chi connectivity index (χ1v) is 5.55. The summed E-state index contributed by atoms with van der Waals surface area (Å²) in [5.74, 6) is -0.683. The minimum absolute atomic E-state index is 0.0157. The lowest BCUT2D eigenvalue weighted by Gasteiger charge is -2.16. The summed E-state index contributed by atoms with van der Waals surface area (Å²) in [4.78, 5) is 25.7. The van der Waals surface area contributed by atoms with Gasteiger partial charge in [0.1, 0.15) is 18.3 Å². The molecule has 2 heterocycles. The molecule has 1 aliphatic heterocycles. The number of hydrogen-bond acceptors (Lipinski definition) is 7. The van der Waals surface area contributed by atoms with E-state index in [9.17, 15) is 24.9 Å². The molecule has 0 radical (unpaired) electrons. The lowest BCUT2D eigenvalue weighted by molar-refractivity contribution is -0.0568. The molecule has 9 nitrogen and oxygen atoms in total. The summed E-state index contributed by atoms with van der Waals surface area (Å²) in [6.45, 7) is 0.749. The topological polar surface area (TPSA) is 145 Å². The Morgan fingerprint density at radius 3 is 2.47 bits per heavy atom. The highest BCUT2D eigenvalue weighted by atomic mass is 16.6. The number of aromatic hydroxyl groups is 1. The van der Waals surface area contributed by atoms with E-state index in [1.165, 1.54) is 6.92 Å². The van der Waals surface area contributed by atoms with Gasteiger partial charge in [-0.3, -0.25) is 4.79 Å². The SMILES string of the molecule is Cc1[nH]c(=O)n([C@@H]2O[C@H](CO)[C@@H](O)[C@H]2O)c(=O)c1O. The van der Waals surface area contributed by atoms with Crippen molar-refractivity contribution in [1.82, 2.24) is 9.55 Å². The Bertz CT molecular complexity index is 593. The molecule has 1 saturated heterocycles. The number of ether oxygens (including phenoxy) is 1. The van der Waals surface area contributed by atoms with Gasteiger partial charge in [-0.15, -0.1) is 0 Å². The van der Waals surface area contributed by atoms with E-state index < -0.39 is 48.1 Å². The van der Waals surface area contributed by atoms with E-state index >= 15 is 0 Å². The Labute approximate surface area is 106 Å². The molecular formula is C10H14N2O7. The summed E-state index contributed by atoms with van der Waals surface area (Å²) < 4.78 is 5.52. The fourth-order valence-electron chi connectivity index (χ4n) is 1.97. The van der Waals surface area contributed by atoms with Crippen molar-refractivity contribution in [1.29, 1.82) is 0 Å². The van der Waals surface area contributed by atoms with Crippen molar-refractivity contribution in [2.24, 2.45) is 0 Å². The van der Waals surface area contributed by atoms with Gasteiger partial charge in [0.2, 0.25) is 5.75 Å². The zero-order valence-electron chi connectivity index (χ0n) is 9.98. The Morgan fingerprint density at radius 1 is 1.32 bits per heavy atom. The van der Waals surface area contributed by atoms with Crippen molar-refractivity contribution in [2.75, 3.05) is 6.61 Å². The molecule has 9 heteroatoms. The van der Waals surface area contributed by atoms with Gasteiger partial charge in [0.15, 0.2) is 6.23 Å². The third-order valence-electron chi connectivity index (χ3n) is 3.06. The molecule has 0 amide bonds. The van der Waals surface area contributed by atoms with Gasteiger partial charge in [-0.1, -0.05) is 0 Å². The number of nitrogens with zero attached hydrogens (tertiary/aromatic N) is 1. The van der Waals surface area contributed by atoms with E-state index in [0.29, 0.717) is 4.57 Å². The van der Waals surface area contributed by atoms with Crippen LogP contribution in [0.25, 0.3) is 0 Å². The molecule has 4 atom stereocenters. The van der Waals surface area contributed by atoms with Crippen LogP contribution < -0.4 is 11.2 Å². The van der Waals surface area contributed by atoms with Crippen LogP contribution in [0.15, 0.2) is 9.59 Å². The second-order valence-electron chi connectivity index (χ2n) is 4.31. The quantitative estimate of drug-likeness (QED) is 0.390. The van der Waals surface area contributed by atoms with Gasteiger partial charge in [0, 0.05) is 0 Å². The molecular weight excluding hydrogens is 260 g/mol. The van der Waals surface area contributed by atoms with Crippen LogP contribution in [0.3, 0.4) is 0 Å². The number of aryl methyl sites for hydroxylation is 1. The van der Waals surface area contributed by atoms with Gasteiger partial charge < -0.3 is 30.1 Å². The average Bonchev–Trinajstić information content (AvgIpc) is 2.64. The van der Waals surface area contributed by atoms with Crippen LogP contribution in [-0.4, -0.2) is 54.9 Å². The van der Waals surface area contributed by atoms with E-state index in [4.69, 9.17) is 9.84 Å². The first-order chi connectivity index (χ1) is 8.88. The molecule has 0 bridgehead atoms. The number of aliphatic hydroxyl groups is 3. The van der Waals surface area contributed by atoms with Gasteiger partial charge in [-0.2, -0.15) is 0 Å². The molecule has 1 fully saturated rings. The summed E-state index contributed by atoms with van der Waals surface area (Å²) in [5, 5.41) is 37.7. The van der Waals surface area contributed by atoms with E-state index in [1.54, 1.807) is 0 Å². The molecule has 1 aromatic heterocycles. The molecule has 106 valence electrons. The third-order valence-corrected chi connectivity index (χ3v) is 3.06. The van der Waals surface area contributed by atoms with E-state index in [1.807, 2.05) is 0 Å². The maximum atomic E-state index is 11.8. The van der Waals surface area contributed by atoms with Crippen molar-refractivity contribution < 1.29 is 25.2 Å². The van der Waals surface area contributed by atoms with Gasteiger partial charge >= 0.3 is 11.2 Å². The third kappa shape index (κ3) is 2.06. The predicted octanol–water partition coefficient (Wildman–Crippen LogP) is -2.84. The Morgan fingerprint density at radius 2 is 1.95 bits per heavy atom. The minimum Gasteiger partial charge on any atom is -0.502 e. The van der Waals surface area contributed by atoms with Crippen LogP contribution in [0.2, 0.25) is 0 Å². The highest BCUT2D eigenvalue weighted by molar-refractivity contribution is 5.20. The first kappa shape index (κ1) is 13.7. The summed E-state index contributed by atoms with van der Waals surface area (Å²) in [7, 11) is 0. The van der Waals surface area contributed by atoms with E-state index in [-0.39, 0.29) is 5.69 Å². The Kier molecular flexibility index (Phi) is 3.45. The molecule has 0 aliphatic carbocycles. The maximum Gasteiger partial charge on any atom is 0.331 e. The molecule has 1 aromatic rings. The van der Waals surface area contributed by atoms with Crippen LogP contribution in [0.4, 0.5) is 0 Å². The minimum atomic E-state index is -1.57. The highest BCUT2D eigenvalue weighted by Crippen LogP contribution is 2.27. The van der Waals surface area contributed by atoms with Gasteiger partial charge in [0.25, 0.3) is 0 Å². The number of rotatable bonds is 2. The van der Waals surface area contributed by atoms with Crippen LogP contribution in [-0.2, 0) is 4.74 Å². The largest absolute Gasteiger partial charge is 0.502 e. The van der Waals surface area contributed by atoms with E-state index in [2.05, 4.69) is 4.98 Å². The number of H-pyrrole nitrogens is 1. The second kappa shape index (κ2) is 4.78.